The van der Waals surface area contributed by atoms with Crippen LogP contribution in [0.4, 0.5) is 0 Å². The molecule has 1 atom stereocenters. The van der Waals surface area contributed by atoms with Crippen molar-refractivity contribution >= 4 is 0 Å². The molecule has 1 rings (SSSR count). The Morgan fingerprint density at radius 1 is 1.46 bits per heavy atom. The van der Waals surface area contributed by atoms with Crippen molar-refractivity contribution in [2.75, 3.05) is 0 Å². The topological polar surface area (TPSA) is 64.9 Å². The molecule has 4 N–H and O–H groups in total. The third-order valence-electron chi connectivity index (χ3n) is 1.98. The van der Waals surface area contributed by atoms with Crippen LogP contribution in [0.1, 0.15) is 24.6 Å². The molecule has 0 aliphatic heterocycles. The largest absolute Gasteiger partial charge is 0.328 e. The van der Waals surface area contributed by atoms with E-state index in [4.69, 9.17) is 11.5 Å². The van der Waals surface area contributed by atoms with Gasteiger partial charge in [-0.15, -0.1) is 0 Å². The van der Waals surface area contributed by atoms with Gasteiger partial charge < -0.3 is 11.5 Å². The molecule has 1 aromatic heterocycles. The summed E-state index contributed by atoms with van der Waals surface area (Å²) < 4.78 is 0. The van der Waals surface area contributed by atoms with Crippen LogP contribution in [0, 0.1) is 0 Å². The molecule has 0 radical (unpaired) electrons. The summed E-state index contributed by atoms with van der Waals surface area (Å²) in [7, 11) is 0. The molecule has 0 saturated heterocycles. The number of aryl methyl sites for hydroxylation is 1. The van der Waals surface area contributed by atoms with Crippen LogP contribution < -0.4 is 11.5 Å². The van der Waals surface area contributed by atoms with Crippen LogP contribution in [0.5, 0.6) is 0 Å². The molecule has 3 heteroatoms. The zero-order valence-electron chi connectivity index (χ0n) is 8.03. The second-order valence-corrected chi connectivity index (χ2v) is 3.38. The molecule has 0 aliphatic carbocycles. The Labute approximate surface area is 79.2 Å². The van der Waals surface area contributed by atoms with Gasteiger partial charge in [0.25, 0.3) is 0 Å². The maximum absolute atomic E-state index is 5.66. The molecule has 3 nitrogen and oxygen atoms in total. The SMILES string of the molecule is CC(N)CCc1ccc(CN)nc1. The number of pyridine rings is 1. The maximum atomic E-state index is 5.66. The first-order valence-corrected chi connectivity index (χ1v) is 4.62. The van der Waals surface area contributed by atoms with Gasteiger partial charge in [-0.1, -0.05) is 6.07 Å². The molecule has 0 amide bonds. The van der Waals surface area contributed by atoms with Crippen LogP contribution in [-0.2, 0) is 13.0 Å². The van der Waals surface area contributed by atoms with Crippen LogP contribution in [0.3, 0.4) is 0 Å². The smallest absolute Gasteiger partial charge is 0.0539 e. The van der Waals surface area contributed by atoms with Crippen molar-refractivity contribution in [1.29, 1.82) is 0 Å². The van der Waals surface area contributed by atoms with Crippen LogP contribution in [0.2, 0.25) is 0 Å². The van der Waals surface area contributed by atoms with E-state index in [-0.39, 0.29) is 6.04 Å². The highest BCUT2D eigenvalue weighted by molar-refractivity contribution is 5.14. The highest BCUT2D eigenvalue weighted by atomic mass is 14.7. The maximum Gasteiger partial charge on any atom is 0.0539 e. The Kier molecular flexibility index (Phi) is 3.86. The summed E-state index contributed by atoms with van der Waals surface area (Å²) in [6, 6.07) is 4.29. The van der Waals surface area contributed by atoms with Gasteiger partial charge in [0, 0.05) is 18.8 Å². The zero-order chi connectivity index (χ0) is 9.68. The van der Waals surface area contributed by atoms with E-state index < -0.39 is 0 Å². The summed E-state index contributed by atoms with van der Waals surface area (Å²) in [6.45, 7) is 2.52. The number of rotatable bonds is 4. The lowest BCUT2D eigenvalue weighted by Gasteiger charge is -2.04. The van der Waals surface area contributed by atoms with Crippen molar-refractivity contribution in [3.63, 3.8) is 0 Å². The van der Waals surface area contributed by atoms with E-state index in [1.165, 1.54) is 5.56 Å². The van der Waals surface area contributed by atoms with Gasteiger partial charge in [0.05, 0.1) is 5.69 Å². The third kappa shape index (κ3) is 3.53. The van der Waals surface area contributed by atoms with E-state index in [1.807, 2.05) is 19.2 Å². The average molecular weight is 179 g/mol. The lowest BCUT2D eigenvalue weighted by Crippen LogP contribution is -2.15. The highest BCUT2D eigenvalue weighted by Crippen LogP contribution is 2.04. The quantitative estimate of drug-likeness (QED) is 0.719. The van der Waals surface area contributed by atoms with E-state index in [9.17, 15) is 0 Å². The van der Waals surface area contributed by atoms with E-state index >= 15 is 0 Å². The van der Waals surface area contributed by atoms with Crippen molar-refractivity contribution in [2.24, 2.45) is 11.5 Å². The number of nitrogens with zero attached hydrogens (tertiary/aromatic N) is 1. The molecule has 0 aliphatic rings. The van der Waals surface area contributed by atoms with Gasteiger partial charge in [0.2, 0.25) is 0 Å². The standard InChI is InChI=1S/C10H17N3/c1-8(12)2-3-9-4-5-10(6-11)13-7-9/h4-5,7-8H,2-3,6,11-12H2,1H3. The Morgan fingerprint density at radius 3 is 2.69 bits per heavy atom. The second-order valence-electron chi connectivity index (χ2n) is 3.38. The van der Waals surface area contributed by atoms with Gasteiger partial charge in [0.1, 0.15) is 0 Å². The van der Waals surface area contributed by atoms with Crippen LogP contribution >= 0.6 is 0 Å². The van der Waals surface area contributed by atoms with Gasteiger partial charge >= 0.3 is 0 Å². The number of hydrogen-bond donors (Lipinski definition) is 2. The summed E-state index contributed by atoms with van der Waals surface area (Å²) in [5, 5.41) is 0. The Balaban J connectivity index is 2.49. The fourth-order valence-corrected chi connectivity index (χ4v) is 1.12. The summed E-state index contributed by atoms with van der Waals surface area (Å²) in [5.74, 6) is 0. The lowest BCUT2D eigenvalue weighted by atomic mass is 10.1. The van der Waals surface area contributed by atoms with Crippen molar-refractivity contribution in [2.45, 2.75) is 32.4 Å². The van der Waals surface area contributed by atoms with Crippen molar-refractivity contribution in [3.05, 3.63) is 29.6 Å². The molecule has 0 saturated carbocycles. The molecular formula is C10H17N3. The summed E-state index contributed by atoms with van der Waals surface area (Å²) >= 11 is 0. The monoisotopic (exact) mass is 179 g/mol. The Morgan fingerprint density at radius 2 is 2.23 bits per heavy atom. The normalized spacial score (nSPS) is 12.8. The predicted molar refractivity (Wildman–Crippen MR) is 54.1 cm³/mol. The summed E-state index contributed by atoms with van der Waals surface area (Å²) in [4.78, 5) is 4.21. The first-order valence-electron chi connectivity index (χ1n) is 4.62. The van der Waals surface area contributed by atoms with E-state index in [1.54, 1.807) is 0 Å². The first-order chi connectivity index (χ1) is 6.22. The van der Waals surface area contributed by atoms with Gasteiger partial charge in [-0.05, 0) is 31.4 Å². The molecule has 1 unspecified atom stereocenters. The van der Waals surface area contributed by atoms with E-state index in [0.29, 0.717) is 6.54 Å². The third-order valence-corrected chi connectivity index (χ3v) is 1.98. The van der Waals surface area contributed by atoms with Gasteiger partial charge in [-0.25, -0.2) is 0 Å². The number of aromatic nitrogens is 1. The van der Waals surface area contributed by atoms with Crippen molar-refractivity contribution in [3.8, 4) is 0 Å². The first kappa shape index (κ1) is 10.2. The molecular weight excluding hydrogens is 162 g/mol. The Hall–Kier alpha value is -0.930. The molecule has 13 heavy (non-hydrogen) atoms. The fourth-order valence-electron chi connectivity index (χ4n) is 1.12. The molecule has 1 aromatic rings. The predicted octanol–water partition coefficient (Wildman–Crippen LogP) is 0.820. The molecule has 1 heterocycles. The molecule has 0 bridgehead atoms. The van der Waals surface area contributed by atoms with Crippen molar-refractivity contribution in [1.82, 2.24) is 4.98 Å². The summed E-state index contributed by atoms with van der Waals surface area (Å²) in [5.41, 5.74) is 13.3. The number of hydrogen-bond acceptors (Lipinski definition) is 3. The minimum absolute atomic E-state index is 0.259. The molecule has 72 valence electrons. The average Bonchev–Trinajstić information content (AvgIpc) is 2.15. The minimum atomic E-state index is 0.259. The van der Waals surface area contributed by atoms with Gasteiger partial charge in [-0.2, -0.15) is 0 Å². The van der Waals surface area contributed by atoms with Crippen LogP contribution in [-0.4, -0.2) is 11.0 Å². The zero-order valence-corrected chi connectivity index (χ0v) is 8.03. The van der Waals surface area contributed by atoms with Gasteiger partial charge in [-0.3, -0.25) is 4.98 Å². The van der Waals surface area contributed by atoms with Crippen LogP contribution in [0.25, 0.3) is 0 Å². The molecule has 0 fully saturated rings. The lowest BCUT2D eigenvalue weighted by molar-refractivity contribution is 0.664. The van der Waals surface area contributed by atoms with E-state index in [2.05, 4.69) is 11.1 Å². The van der Waals surface area contributed by atoms with Crippen LogP contribution in [0.15, 0.2) is 18.3 Å². The van der Waals surface area contributed by atoms with E-state index in [0.717, 1.165) is 18.5 Å². The Bertz CT molecular complexity index is 241. The molecule has 0 spiro atoms. The number of nitrogens with two attached hydrogens (primary N) is 2. The van der Waals surface area contributed by atoms with Gasteiger partial charge in [0.15, 0.2) is 0 Å². The summed E-state index contributed by atoms with van der Waals surface area (Å²) in [6.07, 6.45) is 3.88. The second kappa shape index (κ2) is 4.94. The minimum Gasteiger partial charge on any atom is -0.328 e. The highest BCUT2D eigenvalue weighted by Gasteiger charge is 1.97. The molecule has 0 aromatic carbocycles. The van der Waals surface area contributed by atoms with Crippen molar-refractivity contribution < 1.29 is 0 Å². The fraction of sp³-hybridized carbons (Fsp3) is 0.500.